The Hall–Kier alpha value is -3.68. The number of benzene rings is 4. The van der Waals surface area contributed by atoms with Gasteiger partial charge in [-0.25, -0.2) is 4.39 Å². The smallest absolute Gasteiger partial charge is 0.149 e. The van der Waals surface area contributed by atoms with E-state index in [-0.39, 0.29) is 11.0 Å². The van der Waals surface area contributed by atoms with Gasteiger partial charge < -0.3 is 9.80 Å². The van der Waals surface area contributed by atoms with Crippen LogP contribution < -0.4 is 9.80 Å². The average Bonchev–Trinajstić information content (AvgIpc) is 4.01. The van der Waals surface area contributed by atoms with Crippen molar-refractivity contribution >= 4 is 26.2 Å². The number of allylic oxidation sites excluding steroid dienone is 1. The molecule has 0 N–H and O–H groups in total. The van der Waals surface area contributed by atoms with E-state index in [1.54, 1.807) is 0 Å². The van der Waals surface area contributed by atoms with Crippen molar-refractivity contribution in [2.24, 2.45) is 0 Å². The van der Waals surface area contributed by atoms with Gasteiger partial charge in [0.1, 0.15) is 5.82 Å². The van der Waals surface area contributed by atoms with Crippen LogP contribution in [-0.2, 0) is 24.7 Å². The first-order chi connectivity index (χ1) is 24.2. The first-order valence-electron chi connectivity index (χ1n) is 19.0. The van der Waals surface area contributed by atoms with Crippen LogP contribution in [-0.4, -0.2) is 6.54 Å². The lowest BCUT2D eigenvalue weighted by Gasteiger charge is -2.35. The summed E-state index contributed by atoms with van der Waals surface area (Å²) >= 11 is 0. The molecule has 0 heterocycles. The van der Waals surface area contributed by atoms with Crippen molar-refractivity contribution < 1.29 is 4.39 Å². The fourth-order valence-corrected chi connectivity index (χ4v) is 7.84. The van der Waals surface area contributed by atoms with Gasteiger partial charge in [-0.2, -0.15) is 0 Å². The van der Waals surface area contributed by atoms with Crippen LogP contribution in [0.1, 0.15) is 127 Å². The molecular formula is C47H58FN2P. The zero-order chi connectivity index (χ0) is 36.6. The van der Waals surface area contributed by atoms with Gasteiger partial charge in [-0.05, 0) is 145 Å². The summed E-state index contributed by atoms with van der Waals surface area (Å²) in [6, 6.07) is 24.8. The third-order valence-electron chi connectivity index (χ3n) is 11.1. The molecule has 0 aromatic heterocycles. The Morgan fingerprint density at radius 1 is 0.824 bits per heavy atom. The molecule has 1 atom stereocenters. The average molecular weight is 701 g/mol. The maximum absolute atomic E-state index is 16.5. The molecule has 0 saturated heterocycles. The maximum atomic E-state index is 16.5. The monoisotopic (exact) mass is 700 g/mol. The molecule has 4 heteroatoms. The molecule has 0 amide bonds. The molecule has 6 rings (SSSR count). The van der Waals surface area contributed by atoms with E-state index in [0.717, 1.165) is 41.8 Å². The molecule has 2 saturated carbocycles. The van der Waals surface area contributed by atoms with E-state index in [0.29, 0.717) is 36.2 Å². The van der Waals surface area contributed by atoms with E-state index in [4.69, 9.17) is 6.58 Å². The molecule has 268 valence electrons. The molecule has 0 aliphatic heterocycles. The highest BCUT2D eigenvalue weighted by atomic mass is 31.0. The van der Waals surface area contributed by atoms with Crippen LogP contribution in [0.2, 0.25) is 0 Å². The van der Waals surface area contributed by atoms with Crippen LogP contribution in [0, 0.1) is 26.6 Å². The van der Waals surface area contributed by atoms with Crippen molar-refractivity contribution in [3.63, 3.8) is 0 Å². The number of nitrogens with zero attached hydrogens (tertiary/aromatic N) is 2. The minimum Gasteiger partial charge on any atom is -0.359 e. The number of hydrogen-bond donors (Lipinski definition) is 0. The lowest BCUT2D eigenvalue weighted by atomic mass is 9.95. The Morgan fingerprint density at radius 2 is 1.47 bits per heavy atom. The summed E-state index contributed by atoms with van der Waals surface area (Å²) in [6.07, 6.45) is 7.15. The predicted molar refractivity (Wildman–Crippen MR) is 222 cm³/mol. The molecule has 2 nitrogen and oxygen atoms in total. The Labute approximate surface area is 310 Å². The van der Waals surface area contributed by atoms with Crippen LogP contribution in [0.4, 0.5) is 15.8 Å². The van der Waals surface area contributed by atoms with Gasteiger partial charge in [-0.3, -0.25) is 0 Å². The quantitative estimate of drug-likeness (QED) is 0.114. The second kappa shape index (κ2) is 15.1. The van der Waals surface area contributed by atoms with Gasteiger partial charge in [-0.1, -0.05) is 94.5 Å². The number of halogens is 1. The highest BCUT2D eigenvalue weighted by molar-refractivity contribution is 7.18. The number of hydrogen-bond acceptors (Lipinski definition) is 2. The zero-order valence-corrected chi connectivity index (χ0v) is 33.3. The molecule has 2 aliphatic carbocycles. The fraction of sp³-hybridized carbons (Fsp3) is 0.404. The summed E-state index contributed by atoms with van der Waals surface area (Å²) in [7, 11) is 3.00. The van der Waals surface area contributed by atoms with E-state index in [1.807, 2.05) is 19.9 Å². The number of aryl methyl sites for hydroxylation is 2. The number of rotatable bonds is 15. The van der Waals surface area contributed by atoms with Crippen LogP contribution in [0.15, 0.2) is 85.6 Å². The second-order valence-electron chi connectivity index (χ2n) is 16.1. The standard InChI is InChI=1S/C47H58FN2P/c1-10-13-39-25-38(30(2)3)20-21-44(39)50(28-35-23-41(36-16-17-36)26-42(24-35)37-18-19-37)32(5)27-49(45-22-31(4)33(6)34(7)46(45)48)29-40-14-11-12-15-43(40)47(8,9)51/h11-12,14-15,20-26,36-37H,2,5,10,13,16-19,27-29,51H2,1,3-4,6-9H3. The minimum atomic E-state index is -0.149. The van der Waals surface area contributed by atoms with Gasteiger partial charge >= 0.3 is 0 Å². The number of anilines is 2. The second-order valence-corrected chi connectivity index (χ2v) is 17.5. The van der Waals surface area contributed by atoms with Crippen molar-refractivity contribution in [1.82, 2.24) is 0 Å². The topological polar surface area (TPSA) is 6.48 Å². The molecule has 0 spiro atoms. The summed E-state index contributed by atoms with van der Waals surface area (Å²) in [4.78, 5) is 4.65. The van der Waals surface area contributed by atoms with Crippen molar-refractivity contribution in [2.45, 2.75) is 117 Å². The molecule has 0 bridgehead atoms. The largest absolute Gasteiger partial charge is 0.359 e. The van der Waals surface area contributed by atoms with Crippen molar-refractivity contribution in [2.75, 3.05) is 16.3 Å². The summed E-state index contributed by atoms with van der Waals surface area (Å²) in [5, 5.41) is -0.130. The van der Waals surface area contributed by atoms with Crippen LogP contribution in [0.3, 0.4) is 0 Å². The van der Waals surface area contributed by atoms with Crippen molar-refractivity contribution in [3.8, 4) is 0 Å². The Balaban J connectivity index is 1.46. The first kappa shape index (κ1) is 37.1. The third kappa shape index (κ3) is 8.52. The molecule has 51 heavy (non-hydrogen) atoms. The summed E-state index contributed by atoms with van der Waals surface area (Å²) in [6.45, 7) is 25.7. The van der Waals surface area contributed by atoms with Gasteiger partial charge in [0.25, 0.3) is 0 Å². The van der Waals surface area contributed by atoms with Gasteiger partial charge in [0.05, 0.1) is 12.2 Å². The molecule has 4 aromatic carbocycles. The van der Waals surface area contributed by atoms with Gasteiger partial charge in [0.15, 0.2) is 0 Å². The highest BCUT2D eigenvalue weighted by Crippen LogP contribution is 2.46. The van der Waals surface area contributed by atoms with Crippen LogP contribution in [0.25, 0.3) is 5.57 Å². The minimum absolute atomic E-state index is 0.130. The molecule has 2 fully saturated rings. The van der Waals surface area contributed by atoms with Gasteiger partial charge in [0.2, 0.25) is 0 Å². The molecule has 0 radical (unpaired) electrons. The summed E-state index contributed by atoms with van der Waals surface area (Å²) in [5.41, 5.74) is 15.9. The van der Waals surface area contributed by atoms with Crippen molar-refractivity contribution in [1.29, 1.82) is 0 Å². The Bertz CT molecular complexity index is 1910. The van der Waals surface area contributed by atoms with E-state index < -0.39 is 0 Å². The molecule has 2 aliphatic rings. The zero-order valence-electron chi connectivity index (χ0n) is 32.1. The van der Waals surface area contributed by atoms with E-state index in [2.05, 4.69) is 121 Å². The van der Waals surface area contributed by atoms with Gasteiger partial charge in [0, 0.05) is 29.6 Å². The van der Waals surface area contributed by atoms with Crippen LogP contribution in [0.5, 0.6) is 0 Å². The molecule has 4 aromatic rings. The molecule has 1 unspecified atom stereocenters. The maximum Gasteiger partial charge on any atom is 0.149 e. The first-order valence-corrected chi connectivity index (χ1v) is 19.6. The highest BCUT2D eigenvalue weighted by Gasteiger charge is 2.30. The fourth-order valence-electron chi connectivity index (χ4n) is 7.56. The lowest BCUT2D eigenvalue weighted by Crippen LogP contribution is -2.34. The van der Waals surface area contributed by atoms with E-state index in [1.165, 1.54) is 70.3 Å². The Morgan fingerprint density at radius 3 is 2.06 bits per heavy atom. The predicted octanol–water partition coefficient (Wildman–Crippen LogP) is 12.8. The lowest BCUT2D eigenvalue weighted by molar-refractivity contribution is 0.606. The van der Waals surface area contributed by atoms with Crippen LogP contribution >= 0.6 is 9.24 Å². The van der Waals surface area contributed by atoms with Gasteiger partial charge in [-0.15, -0.1) is 9.24 Å². The third-order valence-corrected chi connectivity index (χ3v) is 11.4. The van der Waals surface area contributed by atoms with Crippen molar-refractivity contribution in [3.05, 3.63) is 147 Å². The summed E-state index contributed by atoms with van der Waals surface area (Å²) < 4.78 is 16.5. The molecular weight excluding hydrogens is 643 g/mol. The normalized spacial score (nSPS) is 14.5. The van der Waals surface area contributed by atoms with E-state index in [9.17, 15) is 0 Å². The Kier molecular flexibility index (Phi) is 11.0. The SMILES string of the molecule is C=C(C)c1ccc(N(Cc2cc(C3CC3)cc(C3CC3)c2)C(=C)CN(Cc2ccccc2C(C)(C)P)c2cc(C)c(C)c(C)c2F)c(CCC)c1. The summed E-state index contributed by atoms with van der Waals surface area (Å²) in [5.74, 6) is 1.23. The van der Waals surface area contributed by atoms with E-state index >= 15 is 4.39 Å².